The second-order valence-electron chi connectivity index (χ2n) is 21.6. The van der Waals surface area contributed by atoms with Crippen molar-refractivity contribution in [1.29, 1.82) is 0 Å². The summed E-state index contributed by atoms with van der Waals surface area (Å²) in [5, 5.41) is 0. The topological polar surface area (TPSA) is 29.2 Å². The van der Waals surface area contributed by atoms with Gasteiger partial charge in [-0.2, -0.15) is 0 Å². The SMILES string of the molecule is c1c(C[N+]23CCCN4CCN5CCCN(CC2)C5C43)cc(C[N+]23CCCN4CCN5CCCN(CC2)C5C43)cc1C[N+]12CCCN3CCN4CCCN(CC1)C4C32. The molecule has 0 amide bonds. The monoisotopic (exact) mass is 784 g/mol. The summed E-state index contributed by atoms with van der Waals surface area (Å²) in [6.07, 6.45) is 12.0. The number of nitrogens with zero attached hydrogens (tertiary/aromatic N) is 12. The maximum atomic E-state index is 2.98. The van der Waals surface area contributed by atoms with Crippen molar-refractivity contribution in [2.24, 2.45) is 0 Å². The van der Waals surface area contributed by atoms with Gasteiger partial charge >= 0.3 is 0 Å². The molecule has 12 heterocycles. The molecule has 0 radical (unpaired) electrons. The highest BCUT2D eigenvalue weighted by Gasteiger charge is 2.61. The summed E-state index contributed by atoms with van der Waals surface area (Å²) in [6, 6.07) is 8.44. The van der Waals surface area contributed by atoms with Gasteiger partial charge in [0.2, 0.25) is 0 Å². The van der Waals surface area contributed by atoms with Crippen molar-refractivity contribution in [3.63, 3.8) is 0 Å². The molecule has 0 aliphatic carbocycles. The van der Waals surface area contributed by atoms with Gasteiger partial charge in [0.15, 0.2) is 18.5 Å². The van der Waals surface area contributed by atoms with Gasteiger partial charge in [-0.05, 0) is 37.5 Å². The molecule has 12 nitrogen and oxygen atoms in total. The molecule has 1 aromatic rings. The lowest BCUT2D eigenvalue weighted by molar-refractivity contribution is -0.990. The molecule has 57 heavy (non-hydrogen) atoms. The number of rotatable bonds is 6. The first-order valence-electron chi connectivity index (χ1n) is 24.4. The minimum atomic E-state index is 0.626. The fourth-order valence-electron chi connectivity index (χ4n) is 16.7. The van der Waals surface area contributed by atoms with Gasteiger partial charge in [-0.3, -0.25) is 44.1 Å². The lowest BCUT2D eigenvalue weighted by Gasteiger charge is -2.65. The molecule has 12 aliphatic rings. The first-order valence-corrected chi connectivity index (χ1v) is 24.4. The second kappa shape index (κ2) is 13.9. The molecular weight excluding hydrogens is 709 g/mol. The number of benzene rings is 1. The summed E-state index contributed by atoms with van der Waals surface area (Å²) in [5.41, 5.74) is 5.06. The molecule has 9 atom stereocenters. The molecular formula is C45H75N12+3. The Morgan fingerprint density at radius 3 is 0.877 bits per heavy atom. The summed E-state index contributed by atoms with van der Waals surface area (Å²) in [4.78, 5) is 26.4. The van der Waals surface area contributed by atoms with Gasteiger partial charge < -0.3 is 13.4 Å². The van der Waals surface area contributed by atoms with E-state index in [2.05, 4.69) is 62.3 Å². The van der Waals surface area contributed by atoms with E-state index in [4.69, 9.17) is 0 Å². The van der Waals surface area contributed by atoms with Gasteiger partial charge in [-0.25, -0.2) is 0 Å². The van der Waals surface area contributed by atoms with E-state index in [1.165, 1.54) is 229 Å². The van der Waals surface area contributed by atoms with Gasteiger partial charge in [0.1, 0.15) is 38.1 Å². The van der Waals surface area contributed by atoms with Gasteiger partial charge in [0.25, 0.3) is 0 Å². The summed E-state index contributed by atoms with van der Waals surface area (Å²) >= 11 is 0. The van der Waals surface area contributed by atoms with Gasteiger partial charge in [0, 0.05) is 154 Å². The van der Waals surface area contributed by atoms with Crippen LogP contribution in [0.25, 0.3) is 0 Å². The third-order valence-electron chi connectivity index (χ3n) is 18.8. The third kappa shape index (κ3) is 5.68. The van der Waals surface area contributed by atoms with Crippen molar-refractivity contribution in [1.82, 2.24) is 44.1 Å². The lowest BCUT2D eigenvalue weighted by atomic mass is 9.93. The Bertz CT molecular complexity index is 1470. The molecule has 0 saturated carbocycles. The Morgan fingerprint density at radius 1 is 0.298 bits per heavy atom. The van der Waals surface area contributed by atoms with Gasteiger partial charge in [-0.1, -0.05) is 0 Å². The van der Waals surface area contributed by atoms with Crippen LogP contribution in [0.2, 0.25) is 0 Å². The number of hydrogen-bond donors (Lipinski definition) is 0. The lowest BCUT2D eigenvalue weighted by Crippen LogP contribution is -2.83. The predicted octanol–water partition coefficient (Wildman–Crippen LogP) is 0.815. The summed E-state index contributed by atoms with van der Waals surface area (Å²) < 4.78 is 3.93. The Morgan fingerprint density at radius 2 is 0.561 bits per heavy atom. The maximum Gasteiger partial charge on any atom is 0.175 e. The Labute approximate surface area is 343 Å². The molecule has 13 rings (SSSR count). The highest BCUT2D eigenvalue weighted by atomic mass is 15.6. The molecule has 0 N–H and O–H groups in total. The molecule has 0 spiro atoms. The first kappa shape index (κ1) is 36.4. The van der Waals surface area contributed by atoms with Crippen molar-refractivity contribution < 1.29 is 13.4 Å². The fourth-order valence-corrected chi connectivity index (χ4v) is 16.7. The van der Waals surface area contributed by atoms with Crippen LogP contribution in [0, 0.1) is 0 Å². The molecule has 12 heteroatoms. The Balaban J connectivity index is 0.888. The minimum absolute atomic E-state index is 0.626. The van der Waals surface area contributed by atoms with Crippen molar-refractivity contribution in [3.05, 3.63) is 34.9 Å². The number of hydrogen-bond acceptors (Lipinski definition) is 9. The van der Waals surface area contributed by atoms with E-state index in [9.17, 15) is 0 Å². The van der Waals surface area contributed by atoms with Crippen LogP contribution in [0.5, 0.6) is 0 Å². The van der Waals surface area contributed by atoms with Crippen molar-refractivity contribution in [2.75, 3.05) is 157 Å². The predicted molar refractivity (Wildman–Crippen MR) is 222 cm³/mol. The van der Waals surface area contributed by atoms with E-state index in [0.29, 0.717) is 37.0 Å². The molecule has 1 aromatic carbocycles. The van der Waals surface area contributed by atoms with Crippen molar-refractivity contribution in [2.45, 2.75) is 95.2 Å². The van der Waals surface area contributed by atoms with E-state index in [0.717, 1.165) is 0 Å². The van der Waals surface area contributed by atoms with Gasteiger partial charge in [0.05, 0.1) is 39.3 Å². The van der Waals surface area contributed by atoms with Crippen LogP contribution in [0.3, 0.4) is 0 Å². The van der Waals surface area contributed by atoms with Crippen LogP contribution in [0.15, 0.2) is 18.2 Å². The molecule has 12 fully saturated rings. The van der Waals surface area contributed by atoms with Crippen LogP contribution in [-0.4, -0.2) is 252 Å². The Kier molecular flexibility index (Phi) is 8.86. The largest absolute Gasteiger partial charge is 0.301 e. The highest BCUT2D eigenvalue weighted by Crippen LogP contribution is 2.43. The summed E-state index contributed by atoms with van der Waals surface area (Å²) in [6.45, 7) is 35.2. The van der Waals surface area contributed by atoms with Crippen LogP contribution in [0.1, 0.15) is 55.2 Å². The van der Waals surface area contributed by atoms with Crippen LogP contribution < -0.4 is 0 Å². The van der Waals surface area contributed by atoms with Crippen LogP contribution >= 0.6 is 0 Å². The number of quaternary nitrogens is 3. The third-order valence-corrected chi connectivity index (χ3v) is 18.8. The van der Waals surface area contributed by atoms with E-state index >= 15 is 0 Å². The van der Waals surface area contributed by atoms with E-state index in [1.54, 1.807) is 16.7 Å². The fraction of sp³-hybridized carbons (Fsp3) is 0.867. The summed E-state index contributed by atoms with van der Waals surface area (Å²) in [7, 11) is 0. The molecule has 0 bridgehead atoms. The maximum absolute atomic E-state index is 2.98. The molecule has 12 saturated heterocycles. The molecule has 0 aromatic heterocycles. The smallest absolute Gasteiger partial charge is 0.175 e. The van der Waals surface area contributed by atoms with E-state index < -0.39 is 0 Å². The average molecular weight is 784 g/mol. The van der Waals surface area contributed by atoms with Gasteiger partial charge in [-0.15, -0.1) is 0 Å². The zero-order chi connectivity index (χ0) is 37.3. The van der Waals surface area contributed by atoms with Crippen molar-refractivity contribution >= 4 is 0 Å². The Hall–Kier alpha value is -1.26. The average Bonchev–Trinajstić information content (AvgIpc) is 3.24. The summed E-state index contributed by atoms with van der Waals surface area (Å²) in [5.74, 6) is 0. The zero-order valence-corrected chi connectivity index (χ0v) is 35.4. The first-order chi connectivity index (χ1) is 28.1. The van der Waals surface area contributed by atoms with Crippen LogP contribution in [0.4, 0.5) is 0 Å². The van der Waals surface area contributed by atoms with E-state index in [1.807, 2.05) is 0 Å². The quantitative estimate of drug-likeness (QED) is 0.390. The highest BCUT2D eigenvalue weighted by molar-refractivity contribution is 5.30. The standard InChI is InChI=1S/C45H75N12/c1-7-46-16-19-52-13-4-25-55(28-22-49(10-1)40(46)43(52)55)34-37-31-38(35-56-26-5-14-53-20-17-47-8-2-11-50(23-29-56)41(47)44(53)56)33-39(32-37)36-57-27-6-15-54-21-18-48-9-3-12-51(24-30-57)42(48)45(54)57/h31-33,40-45H,1-30,34-36H2/q+3. The van der Waals surface area contributed by atoms with Crippen molar-refractivity contribution in [3.8, 4) is 0 Å². The number of piperazine rings is 6. The zero-order valence-electron chi connectivity index (χ0n) is 35.4. The molecule has 9 unspecified atom stereocenters. The molecule has 312 valence electrons. The van der Waals surface area contributed by atoms with Crippen LogP contribution in [-0.2, 0) is 19.6 Å². The normalized spacial score (nSPS) is 44.6. The molecule has 12 aliphatic heterocycles. The second-order valence-corrected chi connectivity index (χ2v) is 21.6. The van der Waals surface area contributed by atoms with E-state index in [-0.39, 0.29) is 0 Å². The minimum Gasteiger partial charge on any atom is -0.301 e.